The highest BCUT2D eigenvalue weighted by Crippen LogP contribution is 2.28. The van der Waals surface area contributed by atoms with E-state index >= 15 is 0 Å². The van der Waals surface area contributed by atoms with Gasteiger partial charge < -0.3 is 0 Å². The van der Waals surface area contributed by atoms with E-state index in [4.69, 9.17) is 0 Å². The number of carbonyl (C=O) groups is 1. The summed E-state index contributed by atoms with van der Waals surface area (Å²) in [5.74, 6) is 1.19. The quantitative estimate of drug-likeness (QED) is 0.639. The van der Waals surface area contributed by atoms with Crippen molar-refractivity contribution in [3.05, 3.63) is 0 Å². The van der Waals surface area contributed by atoms with Gasteiger partial charge in [0.1, 0.15) is 5.78 Å². The van der Waals surface area contributed by atoms with Crippen LogP contribution in [0.1, 0.15) is 39.0 Å². The number of rotatable bonds is 3. The molecule has 0 spiro atoms. The van der Waals surface area contributed by atoms with Gasteiger partial charge in [-0.3, -0.25) is 9.18 Å². The van der Waals surface area contributed by atoms with Crippen LogP contribution in [0.15, 0.2) is 0 Å². The molecule has 2 atom stereocenters. The third-order valence-electron chi connectivity index (χ3n) is 2.71. The third-order valence-corrected chi connectivity index (χ3v) is 2.71. The fourth-order valence-corrected chi connectivity index (χ4v) is 1.93. The first kappa shape index (κ1) is 9.69. The lowest BCUT2D eigenvalue weighted by molar-refractivity contribution is -0.125. The highest BCUT2D eigenvalue weighted by Gasteiger charge is 2.25. The summed E-state index contributed by atoms with van der Waals surface area (Å²) < 4.78 is 11.9. The molecule has 0 radical (unpaired) electrons. The van der Waals surface area contributed by atoms with Gasteiger partial charge in [0.2, 0.25) is 0 Å². The van der Waals surface area contributed by atoms with E-state index < -0.39 is 0 Å². The maximum atomic E-state index is 11.9. The molecule has 0 heterocycles. The molecule has 12 heavy (non-hydrogen) atoms. The number of ketones is 1. The van der Waals surface area contributed by atoms with Gasteiger partial charge in [0, 0.05) is 12.3 Å². The van der Waals surface area contributed by atoms with Crippen LogP contribution in [-0.2, 0) is 4.79 Å². The molecule has 0 aliphatic heterocycles. The lowest BCUT2D eigenvalue weighted by Gasteiger charge is -2.25. The van der Waals surface area contributed by atoms with Crippen molar-refractivity contribution >= 4 is 5.78 Å². The van der Waals surface area contributed by atoms with Crippen LogP contribution in [0, 0.1) is 11.8 Å². The molecule has 1 fully saturated rings. The Bertz CT molecular complexity index is 156. The Hall–Kier alpha value is -0.400. The predicted octanol–water partition coefficient (Wildman–Crippen LogP) is 2.74. The zero-order chi connectivity index (χ0) is 8.97. The van der Waals surface area contributed by atoms with Gasteiger partial charge in [-0.15, -0.1) is 0 Å². The summed E-state index contributed by atoms with van der Waals surface area (Å²) in [5.41, 5.74) is 0. The molecular formula is C10H17FO. The third kappa shape index (κ3) is 2.58. The van der Waals surface area contributed by atoms with Crippen LogP contribution in [0.3, 0.4) is 0 Å². The number of hydrogen-bond acceptors (Lipinski definition) is 1. The second kappa shape index (κ2) is 4.58. The van der Waals surface area contributed by atoms with Crippen LogP contribution in [-0.4, -0.2) is 12.5 Å². The van der Waals surface area contributed by atoms with Crippen LogP contribution in [0.4, 0.5) is 4.39 Å². The van der Waals surface area contributed by atoms with Crippen LogP contribution < -0.4 is 0 Å². The van der Waals surface area contributed by atoms with Gasteiger partial charge in [0.05, 0.1) is 6.67 Å². The van der Waals surface area contributed by atoms with Gasteiger partial charge in [-0.05, 0) is 31.6 Å². The van der Waals surface area contributed by atoms with E-state index in [2.05, 4.69) is 6.92 Å². The zero-order valence-corrected chi connectivity index (χ0v) is 7.68. The van der Waals surface area contributed by atoms with Crippen LogP contribution in [0.25, 0.3) is 0 Å². The summed E-state index contributed by atoms with van der Waals surface area (Å²) in [6.07, 6.45) is 4.06. The molecule has 1 rings (SSSR count). The fourth-order valence-electron chi connectivity index (χ4n) is 1.93. The van der Waals surface area contributed by atoms with Gasteiger partial charge in [0.25, 0.3) is 0 Å². The molecule has 1 nitrogen and oxygen atoms in total. The van der Waals surface area contributed by atoms with E-state index in [-0.39, 0.29) is 12.6 Å². The zero-order valence-electron chi connectivity index (χ0n) is 7.68. The van der Waals surface area contributed by atoms with Crippen molar-refractivity contribution in [1.29, 1.82) is 0 Å². The van der Waals surface area contributed by atoms with Crippen LogP contribution in [0.2, 0.25) is 0 Å². The van der Waals surface area contributed by atoms with Crippen molar-refractivity contribution in [2.45, 2.75) is 39.0 Å². The van der Waals surface area contributed by atoms with E-state index in [1.807, 2.05) is 0 Å². The van der Waals surface area contributed by atoms with E-state index in [1.165, 1.54) is 0 Å². The Balaban J connectivity index is 2.33. The van der Waals surface area contributed by atoms with Crippen molar-refractivity contribution in [3.8, 4) is 0 Å². The molecule has 1 aliphatic rings. The van der Waals surface area contributed by atoms with Crippen LogP contribution >= 0.6 is 0 Å². The second-order valence-electron chi connectivity index (χ2n) is 3.87. The predicted molar refractivity (Wildman–Crippen MR) is 46.7 cm³/mol. The minimum absolute atomic E-state index is 0.171. The maximum Gasteiger partial charge on any atom is 0.135 e. The molecular weight excluding hydrogens is 155 g/mol. The summed E-state index contributed by atoms with van der Waals surface area (Å²) in [7, 11) is 0. The minimum Gasteiger partial charge on any atom is -0.299 e. The molecule has 1 aliphatic carbocycles. The fraction of sp³-hybridized carbons (Fsp3) is 0.900. The summed E-state index contributed by atoms with van der Waals surface area (Å²) in [6.45, 7) is 1.90. The highest BCUT2D eigenvalue weighted by molar-refractivity contribution is 5.81. The number of carbonyl (C=O) groups excluding carboxylic acids is 1. The Morgan fingerprint density at radius 3 is 3.00 bits per heavy atom. The molecule has 0 aromatic carbocycles. The number of halogens is 1. The number of hydrogen-bond donors (Lipinski definition) is 0. The average molecular weight is 172 g/mol. The van der Waals surface area contributed by atoms with Crippen molar-refractivity contribution in [3.63, 3.8) is 0 Å². The van der Waals surface area contributed by atoms with E-state index in [0.717, 1.165) is 25.7 Å². The first-order valence-corrected chi connectivity index (χ1v) is 4.82. The molecule has 2 unspecified atom stereocenters. The Labute approximate surface area is 73.3 Å². The highest BCUT2D eigenvalue weighted by atomic mass is 19.1. The maximum absolute atomic E-state index is 11.9. The molecule has 0 N–H and O–H groups in total. The van der Waals surface area contributed by atoms with Crippen molar-refractivity contribution in [2.75, 3.05) is 6.67 Å². The number of alkyl halides is 1. The van der Waals surface area contributed by atoms with Gasteiger partial charge in [-0.2, -0.15) is 0 Å². The monoisotopic (exact) mass is 172 g/mol. The largest absolute Gasteiger partial charge is 0.299 e. The Morgan fingerprint density at radius 1 is 1.58 bits per heavy atom. The molecule has 0 aromatic rings. The molecule has 70 valence electrons. The van der Waals surface area contributed by atoms with E-state index in [0.29, 0.717) is 18.1 Å². The Kier molecular flexibility index (Phi) is 3.70. The van der Waals surface area contributed by atoms with Crippen molar-refractivity contribution in [2.24, 2.45) is 11.8 Å². The van der Waals surface area contributed by atoms with Crippen molar-refractivity contribution < 1.29 is 9.18 Å². The van der Waals surface area contributed by atoms with Gasteiger partial charge in [-0.25, -0.2) is 0 Å². The number of Topliss-reactive ketones (excluding diaryl/α,β-unsaturated/α-hetero) is 1. The topological polar surface area (TPSA) is 17.1 Å². The normalized spacial score (nSPS) is 30.7. The SMILES string of the molecule is CC1CCC(=O)C(CCCF)C1. The average Bonchev–Trinajstić information content (AvgIpc) is 2.07. The molecule has 1 saturated carbocycles. The second-order valence-corrected chi connectivity index (χ2v) is 3.87. The smallest absolute Gasteiger partial charge is 0.135 e. The first-order valence-electron chi connectivity index (χ1n) is 4.82. The summed E-state index contributed by atoms with van der Waals surface area (Å²) >= 11 is 0. The molecule has 0 amide bonds. The van der Waals surface area contributed by atoms with E-state index in [9.17, 15) is 9.18 Å². The Morgan fingerprint density at radius 2 is 2.33 bits per heavy atom. The lowest BCUT2D eigenvalue weighted by atomic mass is 9.79. The lowest BCUT2D eigenvalue weighted by Crippen LogP contribution is -2.23. The molecule has 0 saturated heterocycles. The standard InChI is InChI=1S/C10H17FO/c1-8-4-5-10(12)9(7-8)3-2-6-11/h8-9H,2-7H2,1H3. The van der Waals surface area contributed by atoms with Gasteiger partial charge in [-0.1, -0.05) is 6.92 Å². The summed E-state index contributed by atoms with van der Waals surface area (Å²) in [4.78, 5) is 11.3. The van der Waals surface area contributed by atoms with E-state index in [1.54, 1.807) is 0 Å². The molecule has 0 bridgehead atoms. The van der Waals surface area contributed by atoms with Gasteiger partial charge >= 0.3 is 0 Å². The molecule has 0 aromatic heterocycles. The van der Waals surface area contributed by atoms with Crippen molar-refractivity contribution in [1.82, 2.24) is 0 Å². The van der Waals surface area contributed by atoms with Gasteiger partial charge in [0.15, 0.2) is 0 Å². The minimum atomic E-state index is -0.280. The summed E-state index contributed by atoms with van der Waals surface area (Å²) in [5, 5.41) is 0. The molecule has 2 heteroatoms. The first-order chi connectivity index (χ1) is 5.74. The summed E-state index contributed by atoms with van der Waals surface area (Å²) in [6, 6.07) is 0. The van der Waals surface area contributed by atoms with Crippen LogP contribution in [0.5, 0.6) is 0 Å².